The van der Waals surface area contributed by atoms with Crippen LogP contribution in [0.2, 0.25) is 0 Å². The van der Waals surface area contributed by atoms with E-state index < -0.39 is 10.0 Å². The zero-order valence-corrected chi connectivity index (χ0v) is 16.1. The molecule has 0 saturated heterocycles. The maximum absolute atomic E-state index is 12.8. The Balaban J connectivity index is 1.71. The van der Waals surface area contributed by atoms with Gasteiger partial charge in [-0.25, -0.2) is 13.4 Å². The van der Waals surface area contributed by atoms with E-state index in [-0.39, 0.29) is 4.90 Å². The summed E-state index contributed by atoms with van der Waals surface area (Å²) in [4.78, 5) is 11.7. The van der Waals surface area contributed by atoms with Gasteiger partial charge in [0.25, 0.3) is 10.0 Å². The number of H-pyrrole nitrogens is 1. The summed E-state index contributed by atoms with van der Waals surface area (Å²) in [5.41, 5.74) is 3.32. The summed E-state index contributed by atoms with van der Waals surface area (Å²) in [6.45, 7) is 0. The summed E-state index contributed by atoms with van der Waals surface area (Å²) in [6, 6.07) is 20.8. The van der Waals surface area contributed by atoms with Gasteiger partial charge in [0.2, 0.25) is 0 Å². The van der Waals surface area contributed by atoms with Gasteiger partial charge < -0.3 is 4.98 Å². The van der Waals surface area contributed by atoms with Crippen LogP contribution in [-0.2, 0) is 10.0 Å². The van der Waals surface area contributed by atoms with Gasteiger partial charge in [0.05, 0.1) is 32.5 Å². The van der Waals surface area contributed by atoms with Crippen molar-refractivity contribution in [3.8, 4) is 11.4 Å². The number of hydrogen-bond acceptors (Lipinski definition) is 5. The molecule has 0 spiro atoms. The second kappa shape index (κ2) is 7.36. The second-order valence-corrected chi connectivity index (χ2v) is 7.82. The summed E-state index contributed by atoms with van der Waals surface area (Å²) >= 11 is 4.56. The molecule has 0 radical (unpaired) electrons. The van der Waals surface area contributed by atoms with Crippen molar-refractivity contribution in [2.24, 2.45) is 4.99 Å². The number of para-hydroxylation sites is 3. The molecule has 138 valence electrons. The van der Waals surface area contributed by atoms with Crippen molar-refractivity contribution in [1.82, 2.24) is 9.97 Å². The quantitative estimate of drug-likeness (QED) is 0.369. The van der Waals surface area contributed by atoms with Crippen molar-refractivity contribution in [2.75, 3.05) is 4.72 Å². The normalized spacial score (nSPS) is 11.1. The highest BCUT2D eigenvalue weighted by atomic mass is 32.2. The number of aliphatic imine (C=N–C) groups is 1. The summed E-state index contributed by atoms with van der Waals surface area (Å²) in [6.07, 6.45) is 0. The number of thiocarbonyl (C=S) groups is 1. The smallest absolute Gasteiger partial charge is 0.261 e. The molecule has 4 aromatic rings. The summed E-state index contributed by atoms with van der Waals surface area (Å²) in [5, 5.41) is 2.25. The molecule has 0 unspecified atom stereocenters. The highest BCUT2D eigenvalue weighted by Crippen LogP contribution is 2.29. The zero-order chi connectivity index (χ0) is 19.6. The van der Waals surface area contributed by atoms with Gasteiger partial charge in [0.1, 0.15) is 5.82 Å². The maximum atomic E-state index is 12.8. The van der Waals surface area contributed by atoms with Gasteiger partial charge in [0.15, 0.2) is 0 Å². The summed E-state index contributed by atoms with van der Waals surface area (Å²) in [5.74, 6) is 0.588. The Labute approximate surface area is 167 Å². The Hall–Kier alpha value is -3.32. The van der Waals surface area contributed by atoms with Crippen LogP contribution in [0.3, 0.4) is 0 Å². The number of benzene rings is 3. The molecule has 2 N–H and O–H groups in total. The van der Waals surface area contributed by atoms with Crippen LogP contribution in [0.4, 0.5) is 11.4 Å². The second-order valence-electron chi connectivity index (χ2n) is 5.95. The number of hydrogen-bond donors (Lipinski definition) is 2. The van der Waals surface area contributed by atoms with Gasteiger partial charge in [-0.2, -0.15) is 4.99 Å². The van der Waals surface area contributed by atoms with Crippen molar-refractivity contribution >= 4 is 49.8 Å². The van der Waals surface area contributed by atoms with Crippen LogP contribution in [0, 0.1) is 0 Å². The fourth-order valence-corrected chi connectivity index (χ4v) is 4.00. The fraction of sp³-hybridized carbons (Fsp3) is 0. The topological polar surface area (TPSA) is 87.2 Å². The molecule has 1 aromatic heterocycles. The number of rotatable bonds is 5. The van der Waals surface area contributed by atoms with Crippen LogP contribution < -0.4 is 4.72 Å². The average molecular weight is 406 g/mol. The molecule has 0 saturated carbocycles. The van der Waals surface area contributed by atoms with Crippen molar-refractivity contribution in [1.29, 1.82) is 0 Å². The molecule has 1 heterocycles. The number of isothiocyanates is 1. The number of fused-ring (bicyclic) bond motifs is 1. The van der Waals surface area contributed by atoms with Gasteiger partial charge in [-0.3, -0.25) is 4.72 Å². The molecule has 3 aromatic carbocycles. The monoisotopic (exact) mass is 406 g/mol. The SMILES string of the molecule is O=S(=O)(Nc1ccccc1-c1nc2ccccc2[nH]1)c1ccc(N=C=S)cc1. The standard InChI is InChI=1S/C20H14N4O2S2/c25-28(26,15-11-9-14(10-12-15)21-13-27)24-17-6-2-1-5-16(17)20-22-18-7-3-4-8-19(18)23-20/h1-12,24H,(H,22,23). The highest BCUT2D eigenvalue weighted by Gasteiger charge is 2.17. The van der Waals surface area contributed by atoms with Gasteiger partial charge in [0, 0.05) is 5.56 Å². The number of nitrogens with one attached hydrogen (secondary N) is 2. The lowest BCUT2D eigenvalue weighted by Crippen LogP contribution is -2.13. The van der Waals surface area contributed by atoms with Crippen molar-refractivity contribution in [3.05, 3.63) is 72.8 Å². The molecule has 6 nitrogen and oxygen atoms in total. The van der Waals surface area contributed by atoms with E-state index in [1.54, 1.807) is 24.3 Å². The molecule has 0 aliphatic carbocycles. The Bertz CT molecular complexity index is 1270. The lowest BCUT2D eigenvalue weighted by atomic mass is 10.2. The van der Waals surface area contributed by atoms with Crippen LogP contribution >= 0.6 is 12.2 Å². The molecule has 0 atom stereocenters. The molecule has 0 bridgehead atoms. The Kier molecular flexibility index (Phi) is 4.75. The number of anilines is 1. The maximum Gasteiger partial charge on any atom is 0.261 e. The molecule has 8 heteroatoms. The van der Waals surface area contributed by atoms with E-state index in [2.05, 4.69) is 37.1 Å². The minimum absolute atomic E-state index is 0.121. The third-order valence-electron chi connectivity index (χ3n) is 4.14. The third-order valence-corrected chi connectivity index (χ3v) is 5.61. The number of imidazole rings is 1. The van der Waals surface area contributed by atoms with Crippen LogP contribution in [0.15, 0.2) is 82.7 Å². The number of sulfonamides is 1. The molecule has 28 heavy (non-hydrogen) atoms. The van der Waals surface area contributed by atoms with Crippen LogP contribution in [0.25, 0.3) is 22.4 Å². The Morgan fingerprint density at radius 3 is 2.43 bits per heavy atom. The van der Waals surface area contributed by atoms with Gasteiger partial charge in [-0.05, 0) is 60.7 Å². The minimum Gasteiger partial charge on any atom is -0.338 e. The third kappa shape index (κ3) is 3.57. The van der Waals surface area contributed by atoms with E-state index in [0.29, 0.717) is 22.8 Å². The molecular formula is C20H14N4O2S2. The fourth-order valence-electron chi connectivity index (χ4n) is 2.82. The van der Waals surface area contributed by atoms with Crippen LogP contribution in [0.5, 0.6) is 0 Å². The predicted molar refractivity (Wildman–Crippen MR) is 113 cm³/mol. The Morgan fingerprint density at radius 2 is 1.68 bits per heavy atom. The van der Waals surface area contributed by atoms with Gasteiger partial charge in [-0.15, -0.1) is 0 Å². The first kappa shape index (κ1) is 18.1. The average Bonchev–Trinajstić information content (AvgIpc) is 3.13. The minimum atomic E-state index is -3.79. The lowest BCUT2D eigenvalue weighted by Gasteiger charge is -2.11. The molecule has 0 fully saturated rings. The molecular weight excluding hydrogens is 392 g/mol. The van der Waals surface area contributed by atoms with Gasteiger partial charge in [-0.1, -0.05) is 24.3 Å². The van der Waals surface area contributed by atoms with Crippen LogP contribution in [0.1, 0.15) is 0 Å². The Morgan fingerprint density at radius 1 is 0.964 bits per heavy atom. The number of aromatic amines is 1. The number of nitrogens with zero attached hydrogens (tertiary/aromatic N) is 2. The van der Waals surface area contributed by atoms with E-state index in [0.717, 1.165) is 11.0 Å². The summed E-state index contributed by atoms with van der Waals surface area (Å²) < 4.78 is 28.3. The molecule has 0 amide bonds. The largest absolute Gasteiger partial charge is 0.338 e. The molecule has 0 aliphatic heterocycles. The van der Waals surface area contributed by atoms with Crippen LogP contribution in [-0.4, -0.2) is 23.5 Å². The molecule has 0 aliphatic rings. The van der Waals surface area contributed by atoms with E-state index in [1.807, 2.05) is 36.4 Å². The zero-order valence-electron chi connectivity index (χ0n) is 14.5. The first-order valence-electron chi connectivity index (χ1n) is 8.32. The van der Waals surface area contributed by atoms with Crippen molar-refractivity contribution < 1.29 is 8.42 Å². The number of aromatic nitrogens is 2. The van der Waals surface area contributed by atoms with Crippen molar-refractivity contribution in [3.63, 3.8) is 0 Å². The van der Waals surface area contributed by atoms with E-state index >= 15 is 0 Å². The van der Waals surface area contributed by atoms with E-state index in [4.69, 9.17) is 0 Å². The lowest BCUT2D eigenvalue weighted by molar-refractivity contribution is 0.601. The predicted octanol–water partition coefficient (Wildman–Crippen LogP) is 4.77. The summed E-state index contributed by atoms with van der Waals surface area (Å²) in [7, 11) is -3.79. The van der Waals surface area contributed by atoms with E-state index in [1.165, 1.54) is 12.1 Å². The van der Waals surface area contributed by atoms with Gasteiger partial charge >= 0.3 is 0 Å². The first-order valence-corrected chi connectivity index (χ1v) is 10.2. The van der Waals surface area contributed by atoms with E-state index in [9.17, 15) is 8.42 Å². The van der Waals surface area contributed by atoms with Crippen molar-refractivity contribution in [2.45, 2.75) is 4.90 Å². The first-order chi connectivity index (χ1) is 13.6. The molecule has 4 rings (SSSR count). The highest BCUT2D eigenvalue weighted by molar-refractivity contribution is 7.92.